The zero-order valence-corrected chi connectivity index (χ0v) is 16.9. The summed E-state index contributed by atoms with van der Waals surface area (Å²) in [6.45, 7) is 0.160. The summed E-state index contributed by atoms with van der Waals surface area (Å²) in [5, 5.41) is 2.72. The number of pyridine rings is 1. The van der Waals surface area contributed by atoms with Gasteiger partial charge in [-0.3, -0.25) is 19.1 Å². The summed E-state index contributed by atoms with van der Waals surface area (Å²) in [6, 6.07) is 19.7. The highest BCUT2D eigenvalue weighted by Gasteiger charge is 2.13. The molecule has 160 valence electrons. The number of hydrogen-bond donors (Lipinski definition) is 2. The third-order valence-electron chi connectivity index (χ3n) is 4.92. The number of halogens is 1. The lowest BCUT2D eigenvalue weighted by atomic mass is 9.99. The molecule has 7 nitrogen and oxygen atoms in total. The zero-order valence-electron chi connectivity index (χ0n) is 16.9. The molecule has 0 fully saturated rings. The number of aromatic amines is 1. The minimum absolute atomic E-state index is 0.00194. The van der Waals surface area contributed by atoms with Gasteiger partial charge in [-0.15, -0.1) is 0 Å². The molecule has 4 aromatic rings. The molecule has 0 aliphatic rings. The number of nitrogens with zero attached hydrogens (tertiary/aromatic N) is 2. The van der Waals surface area contributed by atoms with Crippen LogP contribution < -0.4 is 16.6 Å². The van der Waals surface area contributed by atoms with Crippen molar-refractivity contribution in [2.24, 2.45) is 0 Å². The summed E-state index contributed by atoms with van der Waals surface area (Å²) in [5.41, 5.74) is 1.58. The Kier molecular flexibility index (Phi) is 6.03. The van der Waals surface area contributed by atoms with Gasteiger partial charge in [0.05, 0.1) is 12.2 Å². The van der Waals surface area contributed by atoms with Crippen molar-refractivity contribution in [3.63, 3.8) is 0 Å². The second kappa shape index (κ2) is 9.22. The first-order chi connectivity index (χ1) is 15.5. The minimum Gasteiger partial charge on any atom is -0.347 e. The lowest BCUT2D eigenvalue weighted by molar-refractivity contribution is 0.0945. The lowest BCUT2D eigenvalue weighted by Crippen LogP contribution is -2.38. The molecule has 2 aromatic heterocycles. The summed E-state index contributed by atoms with van der Waals surface area (Å²) in [4.78, 5) is 43.9. The van der Waals surface area contributed by atoms with Gasteiger partial charge in [-0.1, -0.05) is 42.5 Å². The fourth-order valence-electron chi connectivity index (χ4n) is 3.30. The van der Waals surface area contributed by atoms with Crippen molar-refractivity contribution in [2.45, 2.75) is 13.1 Å². The molecule has 2 heterocycles. The van der Waals surface area contributed by atoms with Crippen molar-refractivity contribution in [1.82, 2.24) is 19.9 Å². The Hall–Kier alpha value is -4.33. The summed E-state index contributed by atoms with van der Waals surface area (Å²) in [6.07, 6.45) is 1.57. The molecule has 0 aliphatic heterocycles. The molecule has 0 unspecified atom stereocenters. The van der Waals surface area contributed by atoms with Crippen LogP contribution in [-0.2, 0) is 13.1 Å². The predicted octanol–water partition coefficient (Wildman–Crippen LogP) is 2.72. The van der Waals surface area contributed by atoms with E-state index >= 15 is 0 Å². The van der Waals surface area contributed by atoms with E-state index in [9.17, 15) is 18.8 Å². The number of carbonyl (C=O) groups excluding carboxylic acids is 1. The van der Waals surface area contributed by atoms with Gasteiger partial charge in [0.15, 0.2) is 0 Å². The van der Waals surface area contributed by atoms with Crippen LogP contribution in [0, 0.1) is 5.82 Å². The van der Waals surface area contributed by atoms with Crippen LogP contribution in [0.1, 0.15) is 21.7 Å². The van der Waals surface area contributed by atoms with E-state index < -0.39 is 17.2 Å². The minimum atomic E-state index is -0.694. The average Bonchev–Trinajstić information content (AvgIpc) is 2.81. The molecule has 32 heavy (non-hydrogen) atoms. The van der Waals surface area contributed by atoms with Gasteiger partial charge < -0.3 is 10.3 Å². The van der Waals surface area contributed by atoms with Crippen LogP contribution in [0.3, 0.4) is 0 Å². The maximum atomic E-state index is 13.2. The SMILES string of the molecule is O=C(NCc1ccccc1-c1ccc(F)cc1)c1cc(=O)n(Cc2ccccn2)c(=O)[nH]1. The normalized spacial score (nSPS) is 10.7. The highest BCUT2D eigenvalue weighted by atomic mass is 19.1. The van der Waals surface area contributed by atoms with Crippen molar-refractivity contribution in [2.75, 3.05) is 0 Å². The number of nitrogens with one attached hydrogen (secondary N) is 2. The van der Waals surface area contributed by atoms with E-state index in [0.717, 1.165) is 27.3 Å². The van der Waals surface area contributed by atoms with E-state index in [2.05, 4.69) is 15.3 Å². The van der Waals surface area contributed by atoms with Gasteiger partial charge in [0.2, 0.25) is 0 Å². The predicted molar refractivity (Wildman–Crippen MR) is 118 cm³/mol. The third kappa shape index (κ3) is 4.70. The number of H-pyrrole nitrogens is 1. The summed E-state index contributed by atoms with van der Waals surface area (Å²) in [5.74, 6) is -0.917. The molecule has 2 N–H and O–H groups in total. The summed E-state index contributed by atoms with van der Waals surface area (Å²) >= 11 is 0. The number of amides is 1. The van der Waals surface area contributed by atoms with Crippen molar-refractivity contribution in [1.29, 1.82) is 0 Å². The molecule has 2 aromatic carbocycles. The molecule has 0 radical (unpaired) electrons. The Labute approximate surface area is 182 Å². The maximum absolute atomic E-state index is 13.2. The Morgan fingerprint density at radius 2 is 1.75 bits per heavy atom. The molecule has 8 heteroatoms. The lowest BCUT2D eigenvalue weighted by Gasteiger charge is -2.11. The Morgan fingerprint density at radius 1 is 1.00 bits per heavy atom. The molecule has 0 spiro atoms. The van der Waals surface area contributed by atoms with Crippen molar-refractivity contribution in [3.8, 4) is 11.1 Å². The standard InChI is InChI=1S/C24H19FN4O3/c25-18-10-8-16(9-11-18)20-7-2-1-5-17(20)14-27-23(31)21-13-22(30)29(24(32)28-21)15-19-6-3-4-12-26-19/h1-13H,14-15H2,(H,27,31)(H,28,32). The van der Waals surface area contributed by atoms with E-state index in [4.69, 9.17) is 0 Å². The number of carbonyl (C=O) groups is 1. The quantitative estimate of drug-likeness (QED) is 0.492. The first-order valence-electron chi connectivity index (χ1n) is 9.87. The van der Waals surface area contributed by atoms with Gasteiger partial charge >= 0.3 is 5.69 Å². The highest BCUT2D eigenvalue weighted by Crippen LogP contribution is 2.23. The fourth-order valence-corrected chi connectivity index (χ4v) is 3.30. The first kappa shape index (κ1) is 20.9. The van der Waals surface area contributed by atoms with Gasteiger partial charge in [-0.25, -0.2) is 9.18 Å². The largest absolute Gasteiger partial charge is 0.347 e. The fraction of sp³-hybridized carbons (Fsp3) is 0.0833. The topological polar surface area (TPSA) is 96.8 Å². The summed E-state index contributed by atoms with van der Waals surface area (Å²) < 4.78 is 14.2. The Morgan fingerprint density at radius 3 is 2.47 bits per heavy atom. The molecular weight excluding hydrogens is 411 g/mol. The van der Waals surface area contributed by atoms with Gasteiger partial charge in [-0.2, -0.15) is 0 Å². The van der Waals surface area contributed by atoms with Crippen LogP contribution in [0.5, 0.6) is 0 Å². The summed E-state index contributed by atoms with van der Waals surface area (Å²) in [7, 11) is 0. The van der Waals surface area contributed by atoms with Gasteiger partial charge in [0, 0.05) is 18.8 Å². The van der Waals surface area contributed by atoms with E-state index in [1.165, 1.54) is 12.1 Å². The smallest absolute Gasteiger partial charge is 0.329 e. The first-order valence-corrected chi connectivity index (χ1v) is 9.87. The molecular formula is C24H19FN4O3. The highest BCUT2D eigenvalue weighted by molar-refractivity contribution is 5.92. The molecule has 0 saturated carbocycles. The average molecular weight is 430 g/mol. The van der Waals surface area contributed by atoms with Crippen molar-refractivity contribution >= 4 is 5.91 Å². The van der Waals surface area contributed by atoms with E-state index in [-0.39, 0.29) is 24.6 Å². The monoisotopic (exact) mass is 430 g/mol. The van der Waals surface area contributed by atoms with Crippen molar-refractivity contribution < 1.29 is 9.18 Å². The van der Waals surface area contributed by atoms with Crippen LogP contribution in [0.4, 0.5) is 4.39 Å². The van der Waals surface area contributed by atoms with Gasteiger partial charge in [0.1, 0.15) is 11.5 Å². The molecule has 1 amide bonds. The molecule has 0 saturated heterocycles. The van der Waals surface area contributed by atoms with E-state index in [1.807, 2.05) is 24.3 Å². The van der Waals surface area contributed by atoms with E-state index in [0.29, 0.717) is 5.69 Å². The Balaban J connectivity index is 1.51. The molecule has 4 rings (SSSR count). The zero-order chi connectivity index (χ0) is 22.5. The number of hydrogen-bond acceptors (Lipinski definition) is 4. The van der Waals surface area contributed by atoms with Crippen LogP contribution >= 0.6 is 0 Å². The number of aromatic nitrogens is 3. The number of benzene rings is 2. The van der Waals surface area contributed by atoms with Crippen molar-refractivity contribution in [3.05, 3.63) is 123 Å². The Bertz CT molecular complexity index is 1330. The van der Waals surface area contributed by atoms with Crippen LogP contribution in [-0.4, -0.2) is 20.4 Å². The second-order valence-electron chi connectivity index (χ2n) is 7.08. The molecule has 0 bridgehead atoms. The van der Waals surface area contributed by atoms with Crippen LogP contribution in [0.15, 0.2) is 88.6 Å². The van der Waals surface area contributed by atoms with Crippen LogP contribution in [0.25, 0.3) is 11.1 Å². The van der Waals surface area contributed by atoms with Gasteiger partial charge in [-0.05, 0) is 41.0 Å². The number of rotatable bonds is 6. The molecule has 0 aliphatic carbocycles. The second-order valence-corrected chi connectivity index (χ2v) is 7.08. The third-order valence-corrected chi connectivity index (χ3v) is 4.92. The van der Waals surface area contributed by atoms with Gasteiger partial charge in [0.25, 0.3) is 11.5 Å². The van der Waals surface area contributed by atoms with Crippen LogP contribution in [0.2, 0.25) is 0 Å². The molecule has 0 atom stereocenters. The maximum Gasteiger partial charge on any atom is 0.329 e. The van der Waals surface area contributed by atoms with E-state index in [1.54, 1.807) is 36.5 Å².